The summed E-state index contributed by atoms with van der Waals surface area (Å²) in [6.07, 6.45) is 0.849. The van der Waals surface area contributed by atoms with Gasteiger partial charge in [0.1, 0.15) is 0 Å². The summed E-state index contributed by atoms with van der Waals surface area (Å²) in [6, 6.07) is 19.9. The van der Waals surface area contributed by atoms with E-state index in [0.717, 1.165) is 22.7 Å². The summed E-state index contributed by atoms with van der Waals surface area (Å²) in [4.78, 5) is 11.5. The van der Waals surface area contributed by atoms with Crippen molar-refractivity contribution in [1.82, 2.24) is 0 Å². The summed E-state index contributed by atoms with van der Waals surface area (Å²) in [5.41, 5.74) is 7.22. The first-order chi connectivity index (χ1) is 13.4. The summed E-state index contributed by atoms with van der Waals surface area (Å²) >= 11 is 6.06. The lowest BCUT2D eigenvalue weighted by Crippen LogP contribution is -2.23. The van der Waals surface area contributed by atoms with Gasteiger partial charge in [-0.3, -0.25) is 0 Å². The van der Waals surface area contributed by atoms with E-state index in [1.807, 2.05) is 24.3 Å². The summed E-state index contributed by atoms with van der Waals surface area (Å²) in [6.45, 7) is 4.22. The normalized spacial score (nSPS) is 18.2. The van der Waals surface area contributed by atoms with Crippen LogP contribution in [0, 0.1) is 13.8 Å². The van der Waals surface area contributed by atoms with Crippen LogP contribution in [0.3, 0.4) is 0 Å². The van der Waals surface area contributed by atoms with Crippen molar-refractivity contribution < 1.29 is 9.90 Å². The molecule has 0 aliphatic carbocycles. The number of benzene rings is 3. The quantitative estimate of drug-likeness (QED) is 0.547. The largest absolute Gasteiger partial charge is 0.478 e. The Hall–Kier alpha value is -2.78. The molecule has 3 aromatic rings. The van der Waals surface area contributed by atoms with Crippen LogP contribution in [0.5, 0.6) is 0 Å². The number of carboxylic acids is 1. The van der Waals surface area contributed by atoms with E-state index in [1.54, 1.807) is 6.07 Å². The Morgan fingerprint density at radius 2 is 1.75 bits per heavy atom. The van der Waals surface area contributed by atoms with Gasteiger partial charge in [0.15, 0.2) is 0 Å². The van der Waals surface area contributed by atoms with Crippen molar-refractivity contribution in [3.8, 4) is 0 Å². The molecule has 0 fully saturated rings. The number of aromatic carboxylic acids is 1. The summed E-state index contributed by atoms with van der Waals surface area (Å²) in [7, 11) is 0. The van der Waals surface area contributed by atoms with E-state index in [4.69, 9.17) is 11.6 Å². The maximum absolute atomic E-state index is 11.5. The first-order valence-corrected chi connectivity index (χ1v) is 9.76. The fraction of sp³-hybridized carbons (Fsp3) is 0.208. The van der Waals surface area contributed by atoms with E-state index in [2.05, 4.69) is 49.5 Å². The van der Waals surface area contributed by atoms with Crippen molar-refractivity contribution in [3.05, 3.63) is 99.1 Å². The molecule has 0 radical (unpaired) electrons. The highest BCUT2D eigenvalue weighted by atomic mass is 35.5. The van der Waals surface area contributed by atoms with Crippen molar-refractivity contribution in [3.63, 3.8) is 0 Å². The fourth-order valence-electron chi connectivity index (χ4n) is 4.15. The minimum atomic E-state index is -0.901. The second kappa shape index (κ2) is 7.33. The smallest absolute Gasteiger partial charge is 0.335 e. The predicted octanol–water partition coefficient (Wildman–Crippen LogP) is 6.34. The maximum Gasteiger partial charge on any atom is 0.335 e. The molecule has 1 aliphatic rings. The molecule has 3 aromatic carbocycles. The van der Waals surface area contributed by atoms with Crippen LogP contribution in [-0.2, 0) is 0 Å². The Kier molecular flexibility index (Phi) is 4.86. The molecular weight excluding hydrogens is 370 g/mol. The van der Waals surface area contributed by atoms with Gasteiger partial charge in [0.25, 0.3) is 0 Å². The minimum absolute atomic E-state index is 0.122. The van der Waals surface area contributed by atoms with Crippen molar-refractivity contribution in [2.45, 2.75) is 32.2 Å². The number of hydrogen-bond donors (Lipinski definition) is 2. The SMILES string of the molecule is Cc1ccc([C@H]2C[C@H](c3ccc(Cl)cc3)Nc3ccc(C(=O)O)cc32)c(C)c1. The van der Waals surface area contributed by atoms with Gasteiger partial charge in [-0.05, 0) is 72.9 Å². The monoisotopic (exact) mass is 391 g/mol. The van der Waals surface area contributed by atoms with Crippen molar-refractivity contribution in [2.24, 2.45) is 0 Å². The van der Waals surface area contributed by atoms with Crippen molar-refractivity contribution >= 4 is 23.3 Å². The van der Waals surface area contributed by atoms with Gasteiger partial charge in [0, 0.05) is 16.6 Å². The van der Waals surface area contributed by atoms with Crippen LogP contribution in [0.25, 0.3) is 0 Å². The molecule has 1 aliphatic heterocycles. The van der Waals surface area contributed by atoms with Crippen LogP contribution in [0.15, 0.2) is 60.7 Å². The van der Waals surface area contributed by atoms with Gasteiger partial charge in [-0.25, -0.2) is 4.79 Å². The Balaban J connectivity index is 1.83. The molecule has 0 saturated heterocycles. The molecule has 0 aromatic heterocycles. The van der Waals surface area contributed by atoms with E-state index >= 15 is 0 Å². The topological polar surface area (TPSA) is 49.3 Å². The molecule has 2 atom stereocenters. The molecule has 0 amide bonds. The molecule has 28 heavy (non-hydrogen) atoms. The predicted molar refractivity (Wildman–Crippen MR) is 114 cm³/mol. The lowest BCUT2D eigenvalue weighted by Gasteiger charge is -2.35. The molecule has 0 bridgehead atoms. The molecule has 4 rings (SSSR count). The molecule has 142 valence electrons. The average molecular weight is 392 g/mol. The molecule has 0 saturated carbocycles. The number of halogens is 1. The number of rotatable bonds is 3. The van der Waals surface area contributed by atoms with Crippen LogP contribution in [-0.4, -0.2) is 11.1 Å². The molecule has 3 nitrogen and oxygen atoms in total. The Morgan fingerprint density at radius 3 is 2.43 bits per heavy atom. The highest BCUT2D eigenvalue weighted by molar-refractivity contribution is 6.30. The average Bonchev–Trinajstić information content (AvgIpc) is 2.67. The van der Waals surface area contributed by atoms with Crippen LogP contribution < -0.4 is 5.32 Å². The van der Waals surface area contributed by atoms with Crippen molar-refractivity contribution in [1.29, 1.82) is 0 Å². The first-order valence-electron chi connectivity index (χ1n) is 9.39. The molecule has 0 spiro atoms. The number of anilines is 1. The third-order valence-electron chi connectivity index (χ3n) is 5.55. The third kappa shape index (κ3) is 3.50. The molecule has 1 heterocycles. The van der Waals surface area contributed by atoms with Gasteiger partial charge in [0.05, 0.1) is 11.6 Å². The van der Waals surface area contributed by atoms with E-state index < -0.39 is 5.97 Å². The number of aryl methyl sites for hydroxylation is 2. The number of carboxylic acid groups (broad SMARTS) is 1. The first kappa shape index (κ1) is 18.6. The second-order valence-corrected chi connectivity index (χ2v) is 7.94. The zero-order valence-electron chi connectivity index (χ0n) is 15.9. The highest BCUT2D eigenvalue weighted by Crippen LogP contribution is 2.45. The molecular formula is C24H22ClNO2. The number of fused-ring (bicyclic) bond motifs is 1. The van der Waals surface area contributed by atoms with Gasteiger partial charge in [-0.15, -0.1) is 0 Å². The van der Waals surface area contributed by atoms with Crippen LogP contribution in [0.2, 0.25) is 5.02 Å². The third-order valence-corrected chi connectivity index (χ3v) is 5.80. The van der Waals surface area contributed by atoms with Gasteiger partial charge >= 0.3 is 5.97 Å². The summed E-state index contributed by atoms with van der Waals surface area (Å²) < 4.78 is 0. The van der Waals surface area contributed by atoms with E-state index in [1.165, 1.54) is 22.3 Å². The number of nitrogens with one attached hydrogen (secondary N) is 1. The van der Waals surface area contributed by atoms with E-state index in [0.29, 0.717) is 5.56 Å². The lowest BCUT2D eigenvalue weighted by molar-refractivity contribution is 0.0696. The minimum Gasteiger partial charge on any atom is -0.478 e. The lowest BCUT2D eigenvalue weighted by atomic mass is 9.78. The van der Waals surface area contributed by atoms with Crippen molar-refractivity contribution in [2.75, 3.05) is 5.32 Å². The maximum atomic E-state index is 11.5. The molecule has 4 heteroatoms. The van der Waals surface area contributed by atoms with Gasteiger partial charge in [0.2, 0.25) is 0 Å². The summed E-state index contributed by atoms with van der Waals surface area (Å²) in [5.74, 6) is -0.779. The summed E-state index contributed by atoms with van der Waals surface area (Å²) in [5, 5.41) is 13.8. The van der Waals surface area contributed by atoms with Crippen LogP contribution >= 0.6 is 11.6 Å². The second-order valence-electron chi connectivity index (χ2n) is 7.50. The van der Waals surface area contributed by atoms with Gasteiger partial charge in [-0.1, -0.05) is 47.5 Å². The zero-order valence-corrected chi connectivity index (χ0v) is 16.6. The number of carbonyl (C=O) groups is 1. The van der Waals surface area contributed by atoms with Crippen LogP contribution in [0.1, 0.15) is 56.6 Å². The Bertz CT molecular complexity index is 1040. The Labute approximate surface area is 170 Å². The standard InChI is InChI=1S/C24H22ClNO2/c1-14-3-9-19(15(2)11-14)20-13-23(16-4-7-18(25)8-5-16)26-22-10-6-17(24(27)28)12-21(20)22/h3-12,20,23,26H,13H2,1-2H3,(H,27,28)/t20-,23-/m1/s1. The molecule has 0 unspecified atom stereocenters. The molecule has 2 N–H and O–H groups in total. The van der Waals surface area contributed by atoms with E-state index in [-0.39, 0.29) is 12.0 Å². The van der Waals surface area contributed by atoms with E-state index in [9.17, 15) is 9.90 Å². The van der Waals surface area contributed by atoms with Crippen LogP contribution in [0.4, 0.5) is 5.69 Å². The van der Waals surface area contributed by atoms with Gasteiger partial charge < -0.3 is 10.4 Å². The zero-order chi connectivity index (χ0) is 19.8. The fourth-order valence-corrected chi connectivity index (χ4v) is 4.28. The Morgan fingerprint density at radius 1 is 1.00 bits per heavy atom. The number of hydrogen-bond acceptors (Lipinski definition) is 2. The highest BCUT2D eigenvalue weighted by Gasteiger charge is 2.30. The van der Waals surface area contributed by atoms with Gasteiger partial charge in [-0.2, -0.15) is 0 Å².